The van der Waals surface area contributed by atoms with Crippen LogP contribution in [0.5, 0.6) is 0 Å². The molecule has 0 fully saturated rings. The SMILES string of the molecule is CSc1nc2c(c(=O)n1Cc1ccc(C#N)cc1)CCC2. The van der Waals surface area contributed by atoms with E-state index < -0.39 is 0 Å². The van der Waals surface area contributed by atoms with E-state index in [2.05, 4.69) is 11.1 Å². The number of aryl methyl sites for hydroxylation is 1. The van der Waals surface area contributed by atoms with Gasteiger partial charge < -0.3 is 0 Å². The Morgan fingerprint density at radius 3 is 2.76 bits per heavy atom. The molecule has 0 bridgehead atoms. The van der Waals surface area contributed by atoms with Gasteiger partial charge in [0.1, 0.15) is 0 Å². The Hall–Kier alpha value is -2.06. The van der Waals surface area contributed by atoms with Crippen LogP contribution in [0.15, 0.2) is 34.2 Å². The molecule has 1 aliphatic rings. The summed E-state index contributed by atoms with van der Waals surface area (Å²) in [5.41, 5.74) is 3.57. The third-order valence-corrected chi connectivity index (χ3v) is 4.44. The average Bonchev–Trinajstić information content (AvgIpc) is 2.99. The number of nitrogens with zero attached hydrogens (tertiary/aromatic N) is 3. The Kier molecular flexibility index (Phi) is 3.80. The van der Waals surface area contributed by atoms with Crippen molar-refractivity contribution in [2.45, 2.75) is 31.0 Å². The van der Waals surface area contributed by atoms with Crippen LogP contribution in [-0.4, -0.2) is 15.8 Å². The Morgan fingerprint density at radius 2 is 2.10 bits per heavy atom. The van der Waals surface area contributed by atoms with Crippen molar-refractivity contribution in [3.8, 4) is 6.07 Å². The van der Waals surface area contributed by atoms with Gasteiger partial charge in [-0.15, -0.1) is 0 Å². The lowest BCUT2D eigenvalue weighted by Crippen LogP contribution is -2.27. The minimum absolute atomic E-state index is 0.0891. The van der Waals surface area contributed by atoms with Crippen molar-refractivity contribution in [1.82, 2.24) is 9.55 Å². The minimum Gasteiger partial charge on any atom is -0.283 e. The van der Waals surface area contributed by atoms with E-state index in [-0.39, 0.29) is 5.56 Å². The van der Waals surface area contributed by atoms with Gasteiger partial charge in [0.2, 0.25) is 0 Å². The van der Waals surface area contributed by atoms with E-state index in [1.54, 1.807) is 16.7 Å². The largest absolute Gasteiger partial charge is 0.283 e. The van der Waals surface area contributed by atoms with Gasteiger partial charge in [-0.2, -0.15) is 5.26 Å². The smallest absolute Gasteiger partial charge is 0.257 e. The van der Waals surface area contributed by atoms with Gasteiger partial charge in [-0.3, -0.25) is 9.36 Å². The second-order valence-corrected chi connectivity index (χ2v) is 5.85. The predicted molar refractivity (Wildman–Crippen MR) is 82.6 cm³/mol. The van der Waals surface area contributed by atoms with E-state index in [1.165, 1.54) is 11.8 Å². The van der Waals surface area contributed by atoms with Gasteiger partial charge in [0.15, 0.2) is 5.16 Å². The molecule has 1 heterocycles. The number of nitriles is 1. The van der Waals surface area contributed by atoms with Crippen LogP contribution in [-0.2, 0) is 19.4 Å². The molecule has 1 aromatic heterocycles. The average molecular weight is 297 g/mol. The summed E-state index contributed by atoms with van der Waals surface area (Å²) >= 11 is 1.50. The predicted octanol–water partition coefficient (Wildman–Crippen LogP) is 2.37. The maximum Gasteiger partial charge on any atom is 0.257 e. The van der Waals surface area contributed by atoms with E-state index in [0.29, 0.717) is 12.1 Å². The summed E-state index contributed by atoms with van der Waals surface area (Å²) in [7, 11) is 0. The molecule has 0 saturated carbocycles. The van der Waals surface area contributed by atoms with Crippen molar-refractivity contribution in [3.63, 3.8) is 0 Å². The summed E-state index contributed by atoms with van der Waals surface area (Å²) in [6.07, 6.45) is 4.71. The Labute approximate surface area is 127 Å². The molecule has 3 rings (SSSR count). The normalized spacial score (nSPS) is 13.0. The molecule has 0 atom stereocenters. The Balaban J connectivity index is 2.01. The van der Waals surface area contributed by atoms with Crippen LogP contribution >= 0.6 is 11.8 Å². The highest BCUT2D eigenvalue weighted by Gasteiger charge is 2.20. The molecule has 1 aromatic carbocycles. The first kappa shape index (κ1) is 13.9. The molecular weight excluding hydrogens is 282 g/mol. The molecule has 21 heavy (non-hydrogen) atoms. The summed E-state index contributed by atoms with van der Waals surface area (Å²) in [6.45, 7) is 0.501. The molecule has 0 saturated heterocycles. The van der Waals surface area contributed by atoms with Gasteiger partial charge in [0.25, 0.3) is 5.56 Å². The zero-order valence-corrected chi connectivity index (χ0v) is 12.6. The van der Waals surface area contributed by atoms with Gasteiger partial charge in [-0.05, 0) is 43.2 Å². The Morgan fingerprint density at radius 1 is 1.33 bits per heavy atom. The maximum absolute atomic E-state index is 12.6. The van der Waals surface area contributed by atoms with E-state index >= 15 is 0 Å². The summed E-state index contributed by atoms with van der Waals surface area (Å²) in [5, 5.41) is 9.60. The summed E-state index contributed by atoms with van der Waals surface area (Å²) in [6, 6.07) is 9.44. The van der Waals surface area contributed by atoms with Gasteiger partial charge in [-0.25, -0.2) is 4.98 Å². The number of fused-ring (bicyclic) bond motifs is 1. The van der Waals surface area contributed by atoms with Gasteiger partial charge >= 0.3 is 0 Å². The van der Waals surface area contributed by atoms with Crippen LogP contribution in [0.2, 0.25) is 0 Å². The highest BCUT2D eigenvalue weighted by atomic mass is 32.2. The van der Waals surface area contributed by atoms with Crippen molar-refractivity contribution < 1.29 is 0 Å². The number of thioether (sulfide) groups is 1. The van der Waals surface area contributed by atoms with E-state index in [9.17, 15) is 4.79 Å². The monoisotopic (exact) mass is 297 g/mol. The highest BCUT2D eigenvalue weighted by Crippen LogP contribution is 2.21. The molecular formula is C16H15N3OS. The number of hydrogen-bond acceptors (Lipinski definition) is 4. The topological polar surface area (TPSA) is 58.7 Å². The molecule has 1 aliphatic carbocycles. The number of benzene rings is 1. The number of hydrogen-bond donors (Lipinski definition) is 0. The van der Waals surface area contributed by atoms with Crippen LogP contribution in [0, 0.1) is 11.3 Å². The maximum atomic E-state index is 12.6. The third kappa shape index (κ3) is 2.59. The lowest BCUT2D eigenvalue weighted by Gasteiger charge is -2.12. The van der Waals surface area contributed by atoms with E-state index in [4.69, 9.17) is 5.26 Å². The summed E-state index contributed by atoms with van der Waals surface area (Å²) in [5.74, 6) is 0. The molecule has 4 nitrogen and oxygen atoms in total. The van der Waals surface area contributed by atoms with E-state index in [0.717, 1.165) is 41.2 Å². The van der Waals surface area contributed by atoms with E-state index in [1.807, 2.05) is 18.4 Å². The lowest BCUT2D eigenvalue weighted by atomic mass is 10.1. The van der Waals surface area contributed by atoms with Crippen LogP contribution < -0.4 is 5.56 Å². The summed E-state index contributed by atoms with van der Waals surface area (Å²) < 4.78 is 1.75. The molecule has 106 valence electrons. The first-order valence-electron chi connectivity index (χ1n) is 6.88. The van der Waals surface area contributed by atoms with Crippen molar-refractivity contribution in [1.29, 1.82) is 5.26 Å². The van der Waals surface area contributed by atoms with Crippen LogP contribution in [0.1, 0.15) is 28.8 Å². The number of rotatable bonds is 3. The second-order valence-electron chi connectivity index (χ2n) is 5.08. The molecule has 0 amide bonds. The highest BCUT2D eigenvalue weighted by molar-refractivity contribution is 7.98. The first-order valence-corrected chi connectivity index (χ1v) is 8.11. The van der Waals surface area contributed by atoms with Crippen molar-refractivity contribution >= 4 is 11.8 Å². The fraction of sp³-hybridized carbons (Fsp3) is 0.312. The molecule has 0 unspecified atom stereocenters. The zero-order valence-electron chi connectivity index (χ0n) is 11.8. The molecule has 0 aliphatic heterocycles. The molecule has 0 N–H and O–H groups in total. The van der Waals surface area contributed by atoms with Gasteiger partial charge in [-0.1, -0.05) is 23.9 Å². The van der Waals surface area contributed by atoms with Crippen LogP contribution in [0.4, 0.5) is 0 Å². The lowest BCUT2D eigenvalue weighted by molar-refractivity contribution is 0.632. The van der Waals surface area contributed by atoms with Gasteiger partial charge in [0.05, 0.1) is 23.9 Å². The second kappa shape index (κ2) is 5.74. The van der Waals surface area contributed by atoms with Crippen molar-refractivity contribution in [2.75, 3.05) is 6.26 Å². The van der Waals surface area contributed by atoms with Crippen LogP contribution in [0.3, 0.4) is 0 Å². The molecule has 5 heteroatoms. The fourth-order valence-corrected chi connectivity index (χ4v) is 3.24. The quantitative estimate of drug-likeness (QED) is 0.644. The zero-order chi connectivity index (χ0) is 14.8. The first-order chi connectivity index (χ1) is 10.2. The standard InChI is InChI=1S/C16H15N3OS/c1-21-16-18-14-4-2-3-13(14)15(20)19(16)10-12-7-5-11(9-17)6-8-12/h5-8H,2-4,10H2,1H3. The van der Waals surface area contributed by atoms with Crippen LogP contribution in [0.25, 0.3) is 0 Å². The molecule has 2 aromatic rings. The summed E-state index contributed by atoms with van der Waals surface area (Å²) in [4.78, 5) is 17.3. The minimum atomic E-state index is 0.0891. The third-order valence-electron chi connectivity index (χ3n) is 3.76. The van der Waals surface area contributed by atoms with Gasteiger partial charge in [0, 0.05) is 5.56 Å². The molecule has 0 radical (unpaired) electrons. The molecule has 0 spiro atoms. The number of aromatic nitrogens is 2. The Bertz CT molecular complexity index is 772. The van der Waals surface area contributed by atoms with Crippen molar-refractivity contribution in [3.05, 3.63) is 57.0 Å². The fourth-order valence-electron chi connectivity index (χ4n) is 2.67. The van der Waals surface area contributed by atoms with Crippen molar-refractivity contribution in [2.24, 2.45) is 0 Å².